The highest BCUT2D eigenvalue weighted by atomic mass is 16.5. The van der Waals surface area contributed by atoms with E-state index >= 15 is 0 Å². The third-order valence-corrected chi connectivity index (χ3v) is 3.77. The number of methoxy groups -OCH3 is 2. The van der Waals surface area contributed by atoms with E-state index in [0.29, 0.717) is 24.0 Å². The van der Waals surface area contributed by atoms with Crippen molar-refractivity contribution in [2.75, 3.05) is 26.1 Å². The first-order chi connectivity index (χ1) is 11.7. The third kappa shape index (κ3) is 4.91. The van der Waals surface area contributed by atoms with Crippen LogP contribution in [0.5, 0.6) is 11.5 Å². The number of aryl methyl sites for hydroxylation is 1. The molecule has 2 aromatic carbocycles. The van der Waals surface area contributed by atoms with Crippen LogP contribution in [0.15, 0.2) is 47.5 Å². The fraction of sp³-hybridized carbons (Fsp3) is 0.316. The van der Waals surface area contributed by atoms with Gasteiger partial charge in [-0.2, -0.15) is 0 Å². The molecule has 5 nitrogen and oxygen atoms in total. The summed E-state index contributed by atoms with van der Waals surface area (Å²) in [7, 11) is 3.21. The van der Waals surface area contributed by atoms with Gasteiger partial charge < -0.3 is 20.5 Å². The molecule has 0 spiro atoms. The average molecular weight is 327 g/mol. The van der Waals surface area contributed by atoms with Gasteiger partial charge in [-0.25, -0.2) is 0 Å². The van der Waals surface area contributed by atoms with Crippen LogP contribution < -0.4 is 20.5 Å². The van der Waals surface area contributed by atoms with E-state index in [1.54, 1.807) is 14.2 Å². The highest BCUT2D eigenvalue weighted by Gasteiger charge is 2.05. The molecule has 128 valence electrons. The monoisotopic (exact) mass is 327 g/mol. The molecular formula is C19H25N3O2. The zero-order valence-corrected chi connectivity index (χ0v) is 14.5. The van der Waals surface area contributed by atoms with Crippen molar-refractivity contribution in [3.63, 3.8) is 0 Å². The minimum atomic E-state index is 0.382. The lowest BCUT2D eigenvalue weighted by atomic mass is 10.1. The molecule has 0 unspecified atom stereocenters. The van der Waals surface area contributed by atoms with Gasteiger partial charge in [0.1, 0.15) is 0 Å². The van der Waals surface area contributed by atoms with Gasteiger partial charge >= 0.3 is 0 Å². The molecule has 0 atom stereocenters. The number of guanidine groups is 1. The first-order valence-electron chi connectivity index (χ1n) is 8.03. The number of hydrogen-bond acceptors (Lipinski definition) is 3. The number of nitrogens with zero attached hydrogens (tertiary/aromatic N) is 1. The fourth-order valence-corrected chi connectivity index (χ4v) is 2.35. The van der Waals surface area contributed by atoms with E-state index < -0.39 is 0 Å². The van der Waals surface area contributed by atoms with Crippen LogP contribution >= 0.6 is 0 Å². The van der Waals surface area contributed by atoms with Gasteiger partial charge in [0.25, 0.3) is 0 Å². The Morgan fingerprint density at radius 1 is 1.00 bits per heavy atom. The number of nitrogens with one attached hydrogen (secondary N) is 1. The zero-order valence-electron chi connectivity index (χ0n) is 14.5. The second kappa shape index (κ2) is 8.82. The Morgan fingerprint density at radius 3 is 2.29 bits per heavy atom. The Balaban J connectivity index is 1.91. The van der Waals surface area contributed by atoms with Gasteiger partial charge in [0.2, 0.25) is 0 Å². The molecule has 0 saturated heterocycles. The summed E-state index contributed by atoms with van der Waals surface area (Å²) in [4.78, 5) is 4.37. The maximum Gasteiger partial charge on any atom is 0.193 e. The number of aliphatic imine (C=N–C) groups is 1. The van der Waals surface area contributed by atoms with Crippen molar-refractivity contribution in [1.29, 1.82) is 0 Å². The molecule has 2 aromatic rings. The molecule has 0 fully saturated rings. The van der Waals surface area contributed by atoms with E-state index in [9.17, 15) is 0 Å². The van der Waals surface area contributed by atoms with Crippen LogP contribution in [0, 0.1) is 0 Å². The van der Waals surface area contributed by atoms with Gasteiger partial charge in [0.05, 0.1) is 14.2 Å². The first kappa shape index (κ1) is 17.7. The van der Waals surface area contributed by atoms with Crippen LogP contribution in [0.2, 0.25) is 0 Å². The molecule has 3 N–H and O–H groups in total. The molecule has 24 heavy (non-hydrogen) atoms. The lowest BCUT2D eigenvalue weighted by Crippen LogP contribution is -2.23. The Morgan fingerprint density at radius 2 is 1.67 bits per heavy atom. The minimum absolute atomic E-state index is 0.382. The molecule has 0 bridgehead atoms. The number of benzene rings is 2. The lowest BCUT2D eigenvalue weighted by Gasteiger charge is -2.11. The maximum absolute atomic E-state index is 5.94. The van der Waals surface area contributed by atoms with E-state index in [0.717, 1.165) is 18.5 Å². The molecule has 0 saturated carbocycles. The van der Waals surface area contributed by atoms with Crippen molar-refractivity contribution < 1.29 is 9.47 Å². The predicted molar refractivity (Wildman–Crippen MR) is 99.2 cm³/mol. The highest BCUT2D eigenvalue weighted by molar-refractivity contribution is 5.92. The molecule has 0 aliphatic rings. The summed E-state index contributed by atoms with van der Waals surface area (Å²) in [6.45, 7) is 2.79. The van der Waals surface area contributed by atoms with Crippen molar-refractivity contribution >= 4 is 11.6 Å². The SMILES string of the molecule is CCc1ccc(CCN=C(N)Nc2ccc(OC)c(OC)c2)cc1. The van der Waals surface area contributed by atoms with E-state index in [-0.39, 0.29) is 0 Å². The average Bonchev–Trinajstić information content (AvgIpc) is 2.62. The summed E-state index contributed by atoms with van der Waals surface area (Å²) in [6, 6.07) is 14.1. The standard InChI is InChI=1S/C19H25N3O2/c1-4-14-5-7-15(8-6-14)11-12-21-19(20)22-16-9-10-17(23-2)18(13-16)24-3/h5-10,13H,4,11-12H2,1-3H3,(H3,20,21,22). The number of nitrogens with two attached hydrogens (primary N) is 1. The van der Waals surface area contributed by atoms with Crippen molar-refractivity contribution in [2.45, 2.75) is 19.8 Å². The maximum atomic E-state index is 5.94. The number of ether oxygens (including phenoxy) is 2. The smallest absolute Gasteiger partial charge is 0.193 e. The second-order valence-corrected chi connectivity index (χ2v) is 5.38. The Bertz CT molecular complexity index is 682. The molecule has 2 rings (SSSR count). The van der Waals surface area contributed by atoms with E-state index in [1.807, 2.05) is 18.2 Å². The van der Waals surface area contributed by atoms with Gasteiger partial charge in [-0.05, 0) is 36.1 Å². The van der Waals surface area contributed by atoms with Crippen molar-refractivity contribution in [1.82, 2.24) is 0 Å². The Kier molecular flexibility index (Phi) is 6.49. The Labute approximate surface area is 143 Å². The van der Waals surface area contributed by atoms with Gasteiger partial charge in [-0.1, -0.05) is 31.2 Å². The summed E-state index contributed by atoms with van der Waals surface area (Å²) in [5.41, 5.74) is 9.35. The van der Waals surface area contributed by atoms with Crippen LogP contribution in [0.4, 0.5) is 5.69 Å². The van der Waals surface area contributed by atoms with Crippen LogP contribution in [-0.4, -0.2) is 26.7 Å². The van der Waals surface area contributed by atoms with Gasteiger partial charge in [0, 0.05) is 18.3 Å². The topological polar surface area (TPSA) is 68.9 Å². The Hall–Kier alpha value is -2.69. The first-order valence-corrected chi connectivity index (χ1v) is 8.03. The van der Waals surface area contributed by atoms with E-state index in [1.165, 1.54) is 11.1 Å². The van der Waals surface area contributed by atoms with Crippen LogP contribution in [0.1, 0.15) is 18.1 Å². The molecule has 0 aromatic heterocycles. The zero-order chi connectivity index (χ0) is 17.4. The van der Waals surface area contributed by atoms with Crippen LogP contribution in [0.25, 0.3) is 0 Å². The molecule has 0 radical (unpaired) electrons. The molecule has 0 aliphatic carbocycles. The van der Waals surface area contributed by atoms with Crippen LogP contribution in [0.3, 0.4) is 0 Å². The fourth-order valence-electron chi connectivity index (χ4n) is 2.35. The number of anilines is 1. The van der Waals surface area contributed by atoms with Gasteiger partial charge in [-0.3, -0.25) is 4.99 Å². The van der Waals surface area contributed by atoms with Crippen molar-refractivity contribution in [3.05, 3.63) is 53.6 Å². The molecule has 0 aliphatic heterocycles. The predicted octanol–water partition coefficient (Wildman–Crippen LogP) is 3.24. The lowest BCUT2D eigenvalue weighted by molar-refractivity contribution is 0.355. The van der Waals surface area contributed by atoms with E-state index in [2.05, 4.69) is 41.5 Å². The normalized spacial score (nSPS) is 11.2. The summed E-state index contributed by atoms with van der Waals surface area (Å²) in [5.74, 6) is 1.70. The quantitative estimate of drug-likeness (QED) is 0.605. The largest absolute Gasteiger partial charge is 0.493 e. The summed E-state index contributed by atoms with van der Waals surface area (Å²) in [6.07, 6.45) is 1.92. The third-order valence-electron chi connectivity index (χ3n) is 3.77. The summed E-state index contributed by atoms with van der Waals surface area (Å²) in [5, 5.41) is 3.06. The van der Waals surface area contributed by atoms with Gasteiger partial charge in [-0.15, -0.1) is 0 Å². The molecular weight excluding hydrogens is 302 g/mol. The number of rotatable bonds is 7. The van der Waals surface area contributed by atoms with Gasteiger partial charge in [0.15, 0.2) is 17.5 Å². The highest BCUT2D eigenvalue weighted by Crippen LogP contribution is 2.29. The number of hydrogen-bond donors (Lipinski definition) is 2. The second-order valence-electron chi connectivity index (χ2n) is 5.38. The van der Waals surface area contributed by atoms with Crippen molar-refractivity contribution in [2.24, 2.45) is 10.7 Å². The molecule has 5 heteroatoms. The molecule has 0 amide bonds. The summed E-state index contributed by atoms with van der Waals surface area (Å²) >= 11 is 0. The van der Waals surface area contributed by atoms with Crippen LogP contribution in [-0.2, 0) is 12.8 Å². The van der Waals surface area contributed by atoms with E-state index in [4.69, 9.17) is 15.2 Å². The summed E-state index contributed by atoms with van der Waals surface area (Å²) < 4.78 is 10.5. The van der Waals surface area contributed by atoms with Crippen molar-refractivity contribution in [3.8, 4) is 11.5 Å². The minimum Gasteiger partial charge on any atom is -0.493 e. The molecule has 0 heterocycles.